The molecule has 20 heavy (non-hydrogen) atoms. The molecule has 0 saturated carbocycles. The van der Waals surface area contributed by atoms with Crippen LogP contribution in [0.25, 0.3) is 0 Å². The zero-order chi connectivity index (χ0) is 15.2. The van der Waals surface area contributed by atoms with Gasteiger partial charge in [-0.05, 0) is 26.6 Å². The van der Waals surface area contributed by atoms with Gasteiger partial charge in [-0.3, -0.25) is 0 Å². The van der Waals surface area contributed by atoms with E-state index in [4.69, 9.17) is 0 Å². The monoisotopic (exact) mass is 277 g/mol. The van der Waals surface area contributed by atoms with Crippen molar-refractivity contribution in [2.45, 2.75) is 26.2 Å². The van der Waals surface area contributed by atoms with E-state index in [9.17, 15) is 4.79 Å². The first-order valence-electron chi connectivity index (χ1n) is 7.05. The minimum atomic E-state index is -0.105. The summed E-state index contributed by atoms with van der Waals surface area (Å²) < 4.78 is 0. The van der Waals surface area contributed by atoms with E-state index in [0.717, 1.165) is 6.54 Å². The van der Waals surface area contributed by atoms with Gasteiger partial charge >= 0.3 is 6.03 Å². The maximum Gasteiger partial charge on any atom is 0.314 e. The van der Waals surface area contributed by atoms with Crippen LogP contribution in [0.2, 0.25) is 0 Å². The summed E-state index contributed by atoms with van der Waals surface area (Å²) in [6.45, 7) is 8.46. The summed E-state index contributed by atoms with van der Waals surface area (Å²) >= 11 is 0. The molecule has 2 N–H and O–H groups in total. The molecule has 2 amide bonds. The van der Waals surface area contributed by atoms with Crippen molar-refractivity contribution in [1.82, 2.24) is 15.5 Å². The molecule has 0 bridgehead atoms. The lowest BCUT2D eigenvalue weighted by molar-refractivity contribution is 0.237. The number of hydrogen-bond acceptors (Lipinski definition) is 2. The van der Waals surface area contributed by atoms with Gasteiger partial charge in [-0.25, -0.2) is 4.79 Å². The highest BCUT2D eigenvalue weighted by atomic mass is 16.2. The van der Waals surface area contributed by atoms with Crippen molar-refractivity contribution >= 4 is 6.03 Å². The van der Waals surface area contributed by atoms with Gasteiger partial charge in [0.25, 0.3) is 0 Å². The van der Waals surface area contributed by atoms with E-state index in [-0.39, 0.29) is 11.4 Å². The number of carbonyl (C=O) groups is 1. The Hall–Kier alpha value is -1.55. The first kappa shape index (κ1) is 16.5. The van der Waals surface area contributed by atoms with Crippen molar-refractivity contribution in [3.05, 3.63) is 35.4 Å². The summed E-state index contributed by atoms with van der Waals surface area (Å²) in [5.41, 5.74) is 2.41. The minimum absolute atomic E-state index is 0.0768. The Balaban J connectivity index is 2.42. The zero-order valence-corrected chi connectivity index (χ0v) is 13.3. The van der Waals surface area contributed by atoms with E-state index in [1.165, 1.54) is 11.1 Å². The van der Waals surface area contributed by atoms with Crippen LogP contribution in [0.15, 0.2) is 24.3 Å². The smallest absolute Gasteiger partial charge is 0.314 e. The molecule has 0 saturated heterocycles. The topological polar surface area (TPSA) is 44.4 Å². The lowest BCUT2D eigenvalue weighted by Crippen LogP contribution is -2.43. The fraction of sp³-hybridized carbons (Fsp3) is 0.562. The maximum atomic E-state index is 11.7. The minimum Gasteiger partial charge on any atom is -0.337 e. The molecule has 1 rings (SSSR count). The van der Waals surface area contributed by atoms with Gasteiger partial charge in [-0.2, -0.15) is 0 Å². The Bertz CT molecular complexity index is 424. The van der Waals surface area contributed by atoms with Crippen molar-refractivity contribution in [2.24, 2.45) is 0 Å². The average Bonchev–Trinajstić information content (AvgIpc) is 2.36. The third-order valence-corrected chi connectivity index (χ3v) is 3.37. The van der Waals surface area contributed by atoms with Crippen LogP contribution in [0.5, 0.6) is 0 Å². The number of rotatable bonds is 6. The molecule has 0 fully saturated rings. The standard InChI is InChI=1S/C16H27N3O/c1-13-6-8-14(9-7-13)16(2,3)12-18-15(20)17-10-11-19(4)5/h6-9H,10-12H2,1-5H3,(H2,17,18,20). The van der Waals surface area contributed by atoms with Crippen molar-refractivity contribution in [1.29, 1.82) is 0 Å². The van der Waals surface area contributed by atoms with E-state index >= 15 is 0 Å². The lowest BCUT2D eigenvalue weighted by atomic mass is 9.84. The van der Waals surface area contributed by atoms with Gasteiger partial charge in [0.1, 0.15) is 0 Å². The van der Waals surface area contributed by atoms with Gasteiger partial charge < -0.3 is 15.5 Å². The van der Waals surface area contributed by atoms with E-state index in [2.05, 4.69) is 55.7 Å². The van der Waals surface area contributed by atoms with Crippen molar-refractivity contribution in [2.75, 3.05) is 33.7 Å². The molecule has 0 atom stereocenters. The highest BCUT2D eigenvalue weighted by Crippen LogP contribution is 2.22. The molecule has 0 aliphatic heterocycles. The second kappa shape index (κ2) is 7.29. The Kier molecular flexibility index (Phi) is 6.02. The van der Waals surface area contributed by atoms with Crippen LogP contribution < -0.4 is 10.6 Å². The van der Waals surface area contributed by atoms with Crippen molar-refractivity contribution in [3.63, 3.8) is 0 Å². The van der Waals surface area contributed by atoms with Crippen LogP contribution in [-0.2, 0) is 5.41 Å². The van der Waals surface area contributed by atoms with E-state index in [1.54, 1.807) is 0 Å². The van der Waals surface area contributed by atoms with Crippen LogP contribution in [0.1, 0.15) is 25.0 Å². The Morgan fingerprint density at radius 2 is 1.75 bits per heavy atom. The van der Waals surface area contributed by atoms with E-state index in [1.807, 2.05) is 19.0 Å². The Labute approximate surface area is 122 Å². The highest BCUT2D eigenvalue weighted by Gasteiger charge is 2.21. The third kappa shape index (κ3) is 5.61. The molecule has 1 aromatic carbocycles. The number of carbonyl (C=O) groups excluding carboxylic acids is 1. The van der Waals surface area contributed by atoms with Crippen molar-refractivity contribution < 1.29 is 4.79 Å². The summed E-state index contributed by atoms with van der Waals surface area (Å²) in [6, 6.07) is 8.36. The van der Waals surface area contributed by atoms with Crippen LogP contribution in [0.4, 0.5) is 4.79 Å². The molecule has 0 aliphatic rings. The first-order chi connectivity index (χ1) is 9.31. The van der Waals surface area contributed by atoms with Crippen molar-refractivity contribution in [3.8, 4) is 0 Å². The number of nitrogens with zero attached hydrogens (tertiary/aromatic N) is 1. The van der Waals surface area contributed by atoms with Crippen LogP contribution in [0.3, 0.4) is 0 Å². The van der Waals surface area contributed by atoms with Crippen LogP contribution >= 0.6 is 0 Å². The molecule has 0 spiro atoms. The molecular weight excluding hydrogens is 250 g/mol. The SMILES string of the molecule is Cc1ccc(C(C)(C)CNC(=O)NCCN(C)C)cc1. The zero-order valence-electron chi connectivity index (χ0n) is 13.3. The maximum absolute atomic E-state index is 11.7. The van der Waals surface area contributed by atoms with Gasteiger partial charge in [0.15, 0.2) is 0 Å². The number of nitrogens with one attached hydrogen (secondary N) is 2. The fourth-order valence-corrected chi connectivity index (χ4v) is 1.86. The van der Waals surface area contributed by atoms with E-state index < -0.39 is 0 Å². The summed E-state index contributed by atoms with van der Waals surface area (Å²) in [5.74, 6) is 0. The molecule has 4 heteroatoms. The highest BCUT2D eigenvalue weighted by molar-refractivity contribution is 5.73. The number of benzene rings is 1. The summed E-state index contributed by atoms with van der Waals surface area (Å²) in [6.07, 6.45) is 0. The molecule has 1 aromatic rings. The van der Waals surface area contributed by atoms with Gasteiger partial charge in [0.2, 0.25) is 0 Å². The molecule has 0 aromatic heterocycles. The largest absolute Gasteiger partial charge is 0.337 e. The second-order valence-electron chi connectivity index (χ2n) is 6.16. The lowest BCUT2D eigenvalue weighted by Gasteiger charge is -2.26. The molecule has 0 radical (unpaired) electrons. The van der Waals surface area contributed by atoms with Gasteiger partial charge in [0.05, 0.1) is 0 Å². The molecule has 0 unspecified atom stereocenters. The van der Waals surface area contributed by atoms with Crippen LogP contribution in [-0.4, -0.2) is 44.7 Å². The Morgan fingerprint density at radius 1 is 1.15 bits per heavy atom. The second-order valence-corrected chi connectivity index (χ2v) is 6.16. The predicted molar refractivity (Wildman–Crippen MR) is 84.2 cm³/mol. The average molecular weight is 277 g/mol. The number of likely N-dealkylation sites (N-methyl/N-ethyl adjacent to an activating group) is 1. The van der Waals surface area contributed by atoms with E-state index in [0.29, 0.717) is 13.1 Å². The summed E-state index contributed by atoms with van der Waals surface area (Å²) in [7, 11) is 3.97. The molecule has 0 aliphatic carbocycles. The van der Waals surface area contributed by atoms with Gasteiger partial charge in [-0.15, -0.1) is 0 Å². The summed E-state index contributed by atoms with van der Waals surface area (Å²) in [4.78, 5) is 13.8. The molecule has 0 heterocycles. The molecular formula is C16H27N3O. The van der Waals surface area contributed by atoms with Gasteiger partial charge in [0, 0.05) is 25.0 Å². The number of urea groups is 1. The number of aryl methyl sites for hydroxylation is 1. The quantitative estimate of drug-likeness (QED) is 0.836. The number of amides is 2. The third-order valence-electron chi connectivity index (χ3n) is 3.37. The molecule has 112 valence electrons. The first-order valence-corrected chi connectivity index (χ1v) is 7.05. The van der Waals surface area contributed by atoms with Gasteiger partial charge in [-0.1, -0.05) is 43.7 Å². The molecule has 4 nitrogen and oxygen atoms in total. The van der Waals surface area contributed by atoms with Crippen LogP contribution in [0, 0.1) is 6.92 Å². The Morgan fingerprint density at radius 3 is 2.30 bits per heavy atom. The normalized spacial score (nSPS) is 11.5. The number of hydrogen-bond donors (Lipinski definition) is 2. The summed E-state index contributed by atoms with van der Waals surface area (Å²) in [5, 5.41) is 5.80. The fourth-order valence-electron chi connectivity index (χ4n) is 1.86. The predicted octanol–water partition coefficient (Wildman–Crippen LogP) is 2.13.